The van der Waals surface area contributed by atoms with Crippen LogP contribution in [0.15, 0.2) is 10.7 Å². The summed E-state index contributed by atoms with van der Waals surface area (Å²) in [5, 5.41) is 0. The average molecular weight is 180 g/mol. The van der Waals surface area contributed by atoms with E-state index in [9.17, 15) is 0 Å². The monoisotopic (exact) mass is 180 g/mol. The van der Waals surface area contributed by atoms with Crippen LogP contribution in [-0.4, -0.2) is 0 Å². The number of furan rings is 1. The fraction of sp³-hybridized carbons (Fsp3) is 0.667. The van der Waals surface area contributed by atoms with Gasteiger partial charge in [-0.2, -0.15) is 0 Å². The maximum atomic E-state index is 5.57. The van der Waals surface area contributed by atoms with Crippen molar-refractivity contribution < 1.29 is 4.42 Å². The highest BCUT2D eigenvalue weighted by molar-refractivity contribution is 5.33. The summed E-state index contributed by atoms with van der Waals surface area (Å²) in [5.41, 5.74) is 2.81. The summed E-state index contributed by atoms with van der Waals surface area (Å²) in [5.74, 6) is 2.31. The normalized spacial score (nSPS) is 11.6. The molecule has 0 bridgehead atoms. The van der Waals surface area contributed by atoms with Gasteiger partial charge >= 0.3 is 0 Å². The minimum atomic E-state index is 0.571. The third-order valence-corrected chi connectivity index (χ3v) is 2.46. The summed E-state index contributed by atoms with van der Waals surface area (Å²) in [6.07, 6.45) is 2.93. The van der Waals surface area contributed by atoms with Crippen LogP contribution < -0.4 is 0 Å². The minimum absolute atomic E-state index is 0.571. The number of rotatable bonds is 3. The number of hydrogen-bond donors (Lipinski definition) is 0. The standard InChI is InChI=1S/C12H20O/c1-6-11-12(9(4)5)10(7-13-11)8(2)3/h7-9H,6H2,1-5H3. The molecule has 0 N–H and O–H groups in total. The Labute approximate surface area is 81.1 Å². The van der Waals surface area contributed by atoms with E-state index in [0.29, 0.717) is 11.8 Å². The number of hydrogen-bond acceptors (Lipinski definition) is 1. The molecule has 0 spiro atoms. The summed E-state index contributed by atoms with van der Waals surface area (Å²) in [6.45, 7) is 11.0. The van der Waals surface area contributed by atoms with Gasteiger partial charge in [-0.3, -0.25) is 0 Å². The Balaban J connectivity index is 3.14. The highest BCUT2D eigenvalue weighted by atomic mass is 16.3. The summed E-state index contributed by atoms with van der Waals surface area (Å²) < 4.78 is 5.57. The molecule has 0 aliphatic heterocycles. The van der Waals surface area contributed by atoms with Crippen LogP contribution in [-0.2, 0) is 6.42 Å². The topological polar surface area (TPSA) is 13.1 Å². The lowest BCUT2D eigenvalue weighted by molar-refractivity contribution is 0.507. The summed E-state index contributed by atoms with van der Waals surface area (Å²) >= 11 is 0. The summed E-state index contributed by atoms with van der Waals surface area (Å²) in [4.78, 5) is 0. The smallest absolute Gasteiger partial charge is 0.107 e. The molecule has 1 rings (SSSR count). The highest BCUT2D eigenvalue weighted by Crippen LogP contribution is 2.31. The van der Waals surface area contributed by atoms with E-state index in [-0.39, 0.29) is 0 Å². The molecule has 13 heavy (non-hydrogen) atoms. The molecule has 1 heterocycles. The predicted molar refractivity (Wildman–Crippen MR) is 56.3 cm³/mol. The molecular formula is C12H20O. The Hall–Kier alpha value is -0.720. The Bertz CT molecular complexity index is 269. The minimum Gasteiger partial charge on any atom is -0.469 e. The van der Waals surface area contributed by atoms with Crippen LogP contribution in [0.2, 0.25) is 0 Å². The van der Waals surface area contributed by atoms with Crippen LogP contribution in [0.1, 0.15) is 63.3 Å². The van der Waals surface area contributed by atoms with Crippen LogP contribution in [0.3, 0.4) is 0 Å². The van der Waals surface area contributed by atoms with Crippen molar-refractivity contribution in [1.82, 2.24) is 0 Å². The molecule has 0 fully saturated rings. The van der Waals surface area contributed by atoms with Crippen molar-refractivity contribution in [2.75, 3.05) is 0 Å². The molecule has 74 valence electrons. The van der Waals surface area contributed by atoms with E-state index in [1.54, 1.807) is 0 Å². The fourth-order valence-corrected chi connectivity index (χ4v) is 1.80. The summed E-state index contributed by atoms with van der Waals surface area (Å²) in [6, 6.07) is 0. The Kier molecular flexibility index (Phi) is 3.18. The maximum absolute atomic E-state index is 5.57. The molecule has 0 saturated heterocycles. The van der Waals surface area contributed by atoms with E-state index in [1.165, 1.54) is 16.9 Å². The molecule has 0 amide bonds. The van der Waals surface area contributed by atoms with Gasteiger partial charge in [0, 0.05) is 6.42 Å². The van der Waals surface area contributed by atoms with E-state index in [2.05, 4.69) is 34.6 Å². The molecule has 1 nitrogen and oxygen atoms in total. The molecule has 0 radical (unpaired) electrons. The van der Waals surface area contributed by atoms with Crippen LogP contribution in [0.25, 0.3) is 0 Å². The van der Waals surface area contributed by atoms with Crippen molar-refractivity contribution in [3.8, 4) is 0 Å². The van der Waals surface area contributed by atoms with Gasteiger partial charge in [-0.25, -0.2) is 0 Å². The average Bonchev–Trinajstić information content (AvgIpc) is 2.46. The molecule has 0 aliphatic rings. The van der Waals surface area contributed by atoms with Crippen LogP contribution in [0, 0.1) is 0 Å². The molecule has 0 aromatic carbocycles. The fourth-order valence-electron chi connectivity index (χ4n) is 1.80. The molecule has 0 unspecified atom stereocenters. The lowest BCUT2D eigenvalue weighted by atomic mass is 9.92. The van der Waals surface area contributed by atoms with Crippen LogP contribution >= 0.6 is 0 Å². The van der Waals surface area contributed by atoms with Gasteiger partial charge in [-0.05, 0) is 23.0 Å². The maximum Gasteiger partial charge on any atom is 0.107 e. The largest absolute Gasteiger partial charge is 0.469 e. The van der Waals surface area contributed by atoms with Gasteiger partial charge in [-0.1, -0.05) is 34.6 Å². The Morgan fingerprint density at radius 3 is 2.15 bits per heavy atom. The molecule has 0 atom stereocenters. The Morgan fingerprint density at radius 2 is 1.77 bits per heavy atom. The van der Waals surface area contributed by atoms with E-state index in [4.69, 9.17) is 4.42 Å². The molecule has 1 aromatic rings. The van der Waals surface area contributed by atoms with Crippen molar-refractivity contribution in [3.05, 3.63) is 23.2 Å². The van der Waals surface area contributed by atoms with Gasteiger partial charge in [-0.15, -0.1) is 0 Å². The second-order valence-electron chi connectivity index (χ2n) is 4.19. The molecule has 1 heteroatoms. The van der Waals surface area contributed by atoms with E-state index in [1.807, 2.05) is 6.26 Å². The molecule has 0 saturated carbocycles. The van der Waals surface area contributed by atoms with Gasteiger partial charge in [0.2, 0.25) is 0 Å². The van der Waals surface area contributed by atoms with Crippen molar-refractivity contribution in [3.63, 3.8) is 0 Å². The van der Waals surface area contributed by atoms with Gasteiger partial charge < -0.3 is 4.42 Å². The zero-order valence-electron chi connectivity index (χ0n) is 9.35. The van der Waals surface area contributed by atoms with Crippen molar-refractivity contribution in [2.24, 2.45) is 0 Å². The lowest BCUT2D eigenvalue weighted by Gasteiger charge is -2.10. The van der Waals surface area contributed by atoms with Gasteiger partial charge in [0.1, 0.15) is 5.76 Å². The van der Waals surface area contributed by atoms with Gasteiger partial charge in [0.15, 0.2) is 0 Å². The molecular weight excluding hydrogens is 160 g/mol. The van der Waals surface area contributed by atoms with Crippen LogP contribution in [0.4, 0.5) is 0 Å². The first-order chi connectivity index (χ1) is 6.07. The SMILES string of the molecule is CCc1occ(C(C)C)c1C(C)C. The van der Waals surface area contributed by atoms with Crippen LogP contribution in [0.5, 0.6) is 0 Å². The molecule has 1 aromatic heterocycles. The quantitative estimate of drug-likeness (QED) is 0.683. The zero-order chi connectivity index (χ0) is 10.0. The highest BCUT2D eigenvalue weighted by Gasteiger charge is 2.17. The second kappa shape index (κ2) is 3.99. The van der Waals surface area contributed by atoms with Gasteiger partial charge in [0.25, 0.3) is 0 Å². The van der Waals surface area contributed by atoms with Crippen molar-refractivity contribution in [1.29, 1.82) is 0 Å². The number of aryl methyl sites for hydroxylation is 1. The van der Waals surface area contributed by atoms with Gasteiger partial charge in [0.05, 0.1) is 6.26 Å². The predicted octanol–water partition coefficient (Wildman–Crippen LogP) is 4.09. The molecule has 0 aliphatic carbocycles. The van der Waals surface area contributed by atoms with E-state index >= 15 is 0 Å². The third-order valence-electron chi connectivity index (χ3n) is 2.46. The first kappa shape index (κ1) is 10.4. The Morgan fingerprint density at radius 1 is 1.15 bits per heavy atom. The van der Waals surface area contributed by atoms with E-state index in [0.717, 1.165) is 6.42 Å². The zero-order valence-corrected chi connectivity index (χ0v) is 9.35. The van der Waals surface area contributed by atoms with Crippen molar-refractivity contribution >= 4 is 0 Å². The summed E-state index contributed by atoms with van der Waals surface area (Å²) in [7, 11) is 0. The lowest BCUT2D eigenvalue weighted by Crippen LogP contribution is -1.97. The third kappa shape index (κ3) is 1.96. The van der Waals surface area contributed by atoms with E-state index < -0.39 is 0 Å². The van der Waals surface area contributed by atoms with Crippen molar-refractivity contribution in [2.45, 2.75) is 52.9 Å². The first-order valence-electron chi connectivity index (χ1n) is 5.18. The second-order valence-corrected chi connectivity index (χ2v) is 4.19. The first-order valence-corrected chi connectivity index (χ1v) is 5.18.